The minimum Gasteiger partial charge on any atom is -0.340 e. The lowest BCUT2D eigenvalue weighted by molar-refractivity contribution is 0.817. The highest BCUT2D eigenvalue weighted by atomic mass is 32.2. The summed E-state index contributed by atoms with van der Waals surface area (Å²) in [5, 5.41) is 7.78. The molecule has 0 radical (unpaired) electrons. The van der Waals surface area contributed by atoms with E-state index < -0.39 is 0 Å². The Morgan fingerprint density at radius 3 is 2.93 bits per heavy atom. The van der Waals surface area contributed by atoms with Crippen molar-refractivity contribution in [3.8, 4) is 0 Å². The molecule has 0 aromatic carbocycles. The number of aromatic nitrogens is 3. The maximum Gasteiger partial charge on any atom is 0.225 e. The molecule has 4 nitrogen and oxygen atoms in total. The molecular formula is C8H14N4S2. The molecule has 6 heteroatoms. The van der Waals surface area contributed by atoms with Crippen LogP contribution in [0.3, 0.4) is 0 Å². The predicted octanol–water partition coefficient (Wildman–Crippen LogP) is 1.42. The van der Waals surface area contributed by atoms with Crippen molar-refractivity contribution >= 4 is 29.9 Å². The van der Waals surface area contributed by atoms with Crippen LogP contribution in [-0.4, -0.2) is 39.4 Å². The second-order valence-electron chi connectivity index (χ2n) is 3.48. The summed E-state index contributed by atoms with van der Waals surface area (Å²) >= 11 is 7.01. The van der Waals surface area contributed by atoms with Crippen molar-refractivity contribution in [3.05, 3.63) is 4.77 Å². The van der Waals surface area contributed by atoms with E-state index in [1.807, 2.05) is 23.4 Å². The van der Waals surface area contributed by atoms with E-state index in [-0.39, 0.29) is 0 Å². The summed E-state index contributed by atoms with van der Waals surface area (Å²) < 4.78 is 2.62. The molecule has 1 aromatic heterocycles. The first-order valence-corrected chi connectivity index (χ1v) is 6.31. The maximum absolute atomic E-state index is 5.08. The Bertz CT molecular complexity index is 370. The zero-order chi connectivity index (χ0) is 10.1. The zero-order valence-corrected chi connectivity index (χ0v) is 9.99. The zero-order valence-electron chi connectivity index (χ0n) is 8.36. The molecule has 2 rings (SSSR count). The van der Waals surface area contributed by atoms with Crippen molar-refractivity contribution in [2.45, 2.75) is 11.7 Å². The van der Waals surface area contributed by atoms with Gasteiger partial charge in [0, 0.05) is 25.4 Å². The number of H-pyrrole nitrogens is 1. The van der Waals surface area contributed by atoms with Gasteiger partial charge in [0.1, 0.15) is 0 Å². The highest BCUT2D eigenvalue weighted by Crippen LogP contribution is 2.23. The van der Waals surface area contributed by atoms with Crippen molar-refractivity contribution in [2.75, 3.05) is 24.2 Å². The van der Waals surface area contributed by atoms with E-state index in [9.17, 15) is 0 Å². The van der Waals surface area contributed by atoms with Crippen LogP contribution in [0.25, 0.3) is 0 Å². The normalized spacial score (nSPS) is 21.9. The number of anilines is 1. The van der Waals surface area contributed by atoms with Gasteiger partial charge in [-0.15, -0.1) is 5.10 Å². The number of hydrogen-bond acceptors (Lipinski definition) is 4. The highest BCUT2D eigenvalue weighted by molar-refractivity contribution is 7.99. The second kappa shape index (κ2) is 3.94. The van der Waals surface area contributed by atoms with Gasteiger partial charge < -0.3 is 4.90 Å². The van der Waals surface area contributed by atoms with Gasteiger partial charge >= 0.3 is 0 Å². The Labute approximate surface area is 92.7 Å². The lowest BCUT2D eigenvalue weighted by Gasteiger charge is -2.15. The smallest absolute Gasteiger partial charge is 0.225 e. The Kier molecular flexibility index (Phi) is 2.83. The summed E-state index contributed by atoms with van der Waals surface area (Å²) in [5.41, 5.74) is 0. The molecule has 1 saturated heterocycles. The first kappa shape index (κ1) is 10.0. The lowest BCUT2D eigenvalue weighted by Crippen LogP contribution is -2.23. The summed E-state index contributed by atoms with van der Waals surface area (Å²) in [4.78, 5) is 2.29. The average Bonchev–Trinajstić information content (AvgIpc) is 2.75. The SMILES string of the molecule is CSC1CCN(c2n[nH]c(=S)n2C)C1. The fourth-order valence-corrected chi connectivity index (χ4v) is 2.52. The Hall–Kier alpha value is -0.490. The largest absolute Gasteiger partial charge is 0.340 e. The van der Waals surface area contributed by atoms with Crippen LogP contribution >= 0.6 is 24.0 Å². The molecule has 1 atom stereocenters. The molecule has 0 saturated carbocycles. The summed E-state index contributed by atoms with van der Waals surface area (Å²) in [7, 11) is 1.95. The Morgan fingerprint density at radius 1 is 1.64 bits per heavy atom. The van der Waals surface area contributed by atoms with E-state index in [4.69, 9.17) is 12.2 Å². The molecule has 0 aliphatic carbocycles. The van der Waals surface area contributed by atoms with Crippen molar-refractivity contribution in [2.24, 2.45) is 7.05 Å². The summed E-state index contributed by atoms with van der Waals surface area (Å²) in [5.74, 6) is 0.964. The van der Waals surface area contributed by atoms with Crippen LogP contribution < -0.4 is 4.90 Å². The number of nitrogens with zero attached hydrogens (tertiary/aromatic N) is 3. The molecule has 1 N–H and O–H groups in total. The molecule has 0 amide bonds. The van der Waals surface area contributed by atoms with E-state index in [1.165, 1.54) is 6.42 Å². The number of aromatic amines is 1. The van der Waals surface area contributed by atoms with Gasteiger partial charge in [0.2, 0.25) is 5.95 Å². The third kappa shape index (κ3) is 1.68. The molecule has 0 spiro atoms. The van der Waals surface area contributed by atoms with Crippen LogP contribution in [0.5, 0.6) is 0 Å². The average molecular weight is 230 g/mol. The number of thioether (sulfide) groups is 1. The highest BCUT2D eigenvalue weighted by Gasteiger charge is 2.24. The van der Waals surface area contributed by atoms with E-state index in [0.29, 0.717) is 4.77 Å². The van der Waals surface area contributed by atoms with E-state index >= 15 is 0 Å². The van der Waals surface area contributed by atoms with Crippen LogP contribution in [0.1, 0.15) is 6.42 Å². The lowest BCUT2D eigenvalue weighted by atomic mass is 10.4. The number of hydrogen-bond donors (Lipinski definition) is 1. The maximum atomic E-state index is 5.08. The molecule has 14 heavy (non-hydrogen) atoms. The van der Waals surface area contributed by atoms with Crippen molar-refractivity contribution in [3.63, 3.8) is 0 Å². The van der Waals surface area contributed by atoms with Crippen LogP contribution in [0.4, 0.5) is 5.95 Å². The molecule has 2 heterocycles. The first-order valence-electron chi connectivity index (χ1n) is 4.61. The van der Waals surface area contributed by atoms with Gasteiger partial charge in [0.05, 0.1) is 0 Å². The van der Waals surface area contributed by atoms with Crippen LogP contribution in [-0.2, 0) is 7.05 Å². The minimum absolute atomic E-state index is 0.688. The van der Waals surface area contributed by atoms with Crippen molar-refractivity contribution in [1.29, 1.82) is 0 Å². The van der Waals surface area contributed by atoms with Crippen molar-refractivity contribution in [1.82, 2.24) is 14.8 Å². The molecular weight excluding hydrogens is 216 g/mol. The van der Waals surface area contributed by atoms with Gasteiger partial charge in [0.25, 0.3) is 0 Å². The van der Waals surface area contributed by atoms with E-state index in [0.717, 1.165) is 24.3 Å². The predicted molar refractivity (Wildman–Crippen MR) is 62.5 cm³/mol. The summed E-state index contributed by atoms with van der Waals surface area (Å²) in [6.07, 6.45) is 3.40. The third-order valence-corrected chi connectivity index (χ3v) is 4.03. The molecule has 1 aliphatic heterocycles. The molecule has 1 fully saturated rings. The Balaban J connectivity index is 2.17. The summed E-state index contributed by atoms with van der Waals surface area (Å²) in [6.45, 7) is 2.16. The molecule has 1 aromatic rings. The van der Waals surface area contributed by atoms with Gasteiger partial charge in [-0.2, -0.15) is 11.8 Å². The molecule has 1 unspecified atom stereocenters. The minimum atomic E-state index is 0.688. The topological polar surface area (TPSA) is 36.9 Å². The number of nitrogens with one attached hydrogen (secondary N) is 1. The Morgan fingerprint density at radius 2 is 2.43 bits per heavy atom. The van der Waals surface area contributed by atoms with E-state index in [1.54, 1.807) is 0 Å². The van der Waals surface area contributed by atoms with Crippen LogP contribution in [0.2, 0.25) is 0 Å². The van der Waals surface area contributed by atoms with Gasteiger partial charge in [0.15, 0.2) is 4.77 Å². The van der Waals surface area contributed by atoms with Crippen LogP contribution in [0, 0.1) is 4.77 Å². The number of rotatable bonds is 2. The molecule has 0 bridgehead atoms. The fourth-order valence-electron chi connectivity index (χ4n) is 1.72. The molecule has 78 valence electrons. The van der Waals surface area contributed by atoms with Gasteiger partial charge in [-0.25, -0.2) is 5.10 Å². The summed E-state index contributed by atoms with van der Waals surface area (Å²) in [6, 6.07) is 0. The quantitative estimate of drug-likeness (QED) is 0.780. The monoisotopic (exact) mass is 230 g/mol. The second-order valence-corrected chi connectivity index (χ2v) is 5.00. The van der Waals surface area contributed by atoms with Crippen LogP contribution in [0.15, 0.2) is 0 Å². The third-order valence-electron chi connectivity index (χ3n) is 2.62. The standard InChI is InChI=1S/C8H14N4S2/c1-11-7(9-10-8(11)13)12-4-3-6(5-12)14-2/h6H,3-5H2,1-2H3,(H,10,13). The van der Waals surface area contributed by atoms with Gasteiger partial charge in [-0.05, 0) is 24.9 Å². The van der Waals surface area contributed by atoms with E-state index in [2.05, 4.69) is 21.4 Å². The van der Waals surface area contributed by atoms with Crippen molar-refractivity contribution < 1.29 is 0 Å². The molecule has 1 aliphatic rings. The first-order chi connectivity index (χ1) is 6.72. The van der Waals surface area contributed by atoms with Gasteiger partial charge in [-0.1, -0.05) is 0 Å². The fraction of sp³-hybridized carbons (Fsp3) is 0.750. The van der Waals surface area contributed by atoms with Gasteiger partial charge in [-0.3, -0.25) is 4.57 Å².